The van der Waals surface area contributed by atoms with Crippen LogP contribution in [0.2, 0.25) is 0 Å². The third-order valence-corrected chi connectivity index (χ3v) is 4.22. The van der Waals surface area contributed by atoms with Crippen molar-refractivity contribution in [2.24, 2.45) is 11.1 Å². The summed E-state index contributed by atoms with van der Waals surface area (Å²) in [4.78, 5) is 14.5. The number of carbonyl (C=O) groups is 1. The smallest absolute Gasteiger partial charge is 0.246 e. The number of rotatable bonds is 2. The lowest BCUT2D eigenvalue weighted by molar-refractivity contribution is -0.138. The second-order valence-electron chi connectivity index (χ2n) is 6.52. The molecular weight excluding hydrogens is 272 g/mol. The van der Waals surface area contributed by atoms with Gasteiger partial charge in [0.25, 0.3) is 0 Å². The maximum atomic E-state index is 12.6. The molecule has 2 N–H and O–H groups in total. The minimum Gasteiger partial charge on any atom is -0.341 e. The van der Waals surface area contributed by atoms with Crippen LogP contribution < -0.4 is 5.73 Å². The molecule has 1 unspecified atom stereocenters. The molecule has 0 aromatic heterocycles. The van der Waals surface area contributed by atoms with Crippen LogP contribution in [-0.4, -0.2) is 23.9 Å². The molecule has 0 spiro atoms. The Morgan fingerprint density at radius 1 is 1.20 bits per heavy atom. The van der Waals surface area contributed by atoms with Crippen LogP contribution in [0.4, 0.5) is 0 Å². The summed E-state index contributed by atoms with van der Waals surface area (Å²) in [7, 11) is 0. The zero-order valence-corrected chi connectivity index (χ0v) is 13.4. The van der Waals surface area contributed by atoms with Crippen LogP contribution in [0.1, 0.15) is 39.2 Å². The molecule has 1 heterocycles. The fraction of sp³-hybridized carbons (Fsp3) is 0.562. The molecule has 1 aromatic carbocycles. The van der Waals surface area contributed by atoms with Gasteiger partial charge in [-0.15, -0.1) is 12.4 Å². The van der Waals surface area contributed by atoms with Crippen molar-refractivity contribution in [1.29, 1.82) is 0 Å². The molecule has 0 radical (unpaired) electrons. The number of nitrogens with two attached hydrogens (primary N) is 1. The Labute approximate surface area is 127 Å². The fourth-order valence-electron chi connectivity index (χ4n) is 2.55. The van der Waals surface area contributed by atoms with Crippen molar-refractivity contribution >= 4 is 18.3 Å². The van der Waals surface area contributed by atoms with Gasteiger partial charge in [-0.3, -0.25) is 4.79 Å². The molecule has 4 heteroatoms. The Morgan fingerprint density at radius 2 is 1.70 bits per heavy atom. The molecule has 1 atom stereocenters. The highest BCUT2D eigenvalue weighted by atomic mass is 35.5. The summed E-state index contributed by atoms with van der Waals surface area (Å²) in [5, 5.41) is 0. The number of hydrogen-bond donors (Lipinski definition) is 1. The summed E-state index contributed by atoms with van der Waals surface area (Å²) < 4.78 is 0. The summed E-state index contributed by atoms with van der Waals surface area (Å²) in [6, 6.07) is 9.63. The molecule has 1 saturated heterocycles. The maximum absolute atomic E-state index is 12.6. The van der Waals surface area contributed by atoms with E-state index in [0.29, 0.717) is 5.41 Å². The van der Waals surface area contributed by atoms with Gasteiger partial charge in [0, 0.05) is 13.1 Å². The third-order valence-electron chi connectivity index (χ3n) is 4.22. The number of amides is 1. The molecule has 1 amide bonds. The summed E-state index contributed by atoms with van der Waals surface area (Å²) >= 11 is 0. The Balaban J connectivity index is 0.00000200. The molecule has 0 saturated carbocycles. The highest BCUT2D eigenvalue weighted by Crippen LogP contribution is 2.31. The molecule has 1 aliphatic rings. The van der Waals surface area contributed by atoms with Gasteiger partial charge in [-0.25, -0.2) is 0 Å². The number of nitrogens with zero attached hydrogens (tertiary/aromatic N) is 1. The van der Waals surface area contributed by atoms with Crippen LogP contribution in [0.5, 0.6) is 0 Å². The maximum Gasteiger partial charge on any atom is 0.246 e. The first-order valence-corrected chi connectivity index (χ1v) is 6.97. The Kier molecular flexibility index (Phi) is 5.22. The van der Waals surface area contributed by atoms with Crippen LogP contribution >= 0.6 is 12.4 Å². The van der Waals surface area contributed by atoms with Gasteiger partial charge in [0.1, 0.15) is 5.54 Å². The van der Waals surface area contributed by atoms with E-state index >= 15 is 0 Å². The average molecular weight is 297 g/mol. The Hall–Kier alpha value is -1.06. The molecule has 1 fully saturated rings. The lowest BCUT2D eigenvalue weighted by Gasteiger charge is -2.40. The van der Waals surface area contributed by atoms with Crippen LogP contribution in [-0.2, 0) is 10.3 Å². The zero-order valence-electron chi connectivity index (χ0n) is 12.6. The molecule has 0 bridgehead atoms. The van der Waals surface area contributed by atoms with Crippen molar-refractivity contribution < 1.29 is 4.79 Å². The van der Waals surface area contributed by atoms with Crippen molar-refractivity contribution in [3.63, 3.8) is 0 Å². The number of piperidine rings is 1. The number of likely N-dealkylation sites (tertiary alicyclic amines) is 1. The van der Waals surface area contributed by atoms with Crippen LogP contribution in [0.15, 0.2) is 30.3 Å². The molecule has 1 aromatic rings. The van der Waals surface area contributed by atoms with Gasteiger partial charge >= 0.3 is 0 Å². The highest BCUT2D eigenvalue weighted by molar-refractivity contribution is 5.87. The molecular formula is C16H25ClN2O. The second-order valence-corrected chi connectivity index (χ2v) is 6.52. The van der Waals surface area contributed by atoms with E-state index in [4.69, 9.17) is 5.73 Å². The van der Waals surface area contributed by atoms with E-state index in [1.807, 2.05) is 42.2 Å². The van der Waals surface area contributed by atoms with Gasteiger partial charge in [0.2, 0.25) is 5.91 Å². The van der Waals surface area contributed by atoms with E-state index in [-0.39, 0.29) is 18.3 Å². The average Bonchev–Trinajstić information content (AvgIpc) is 2.39. The normalized spacial score (nSPS) is 20.7. The molecule has 20 heavy (non-hydrogen) atoms. The molecule has 2 rings (SSSR count). The quantitative estimate of drug-likeness (QED) is 0.912. The van der Waals surface area contributed by atoms with E-state index in [2.05, 4.69) is 13.8 Å². The van der Waals surface area contributed by atoms with Crippen LogP contribution in [0, 0.1) is 5.41 Å². The van der Waals surface area contributed by atoms with Gasteiger partial charge in [0.15, 0.2) is 0 Å². The minimum absolute atomic E-state index is 0. The summed E-state index contributed by atoms with van der Waals surface area (Å²) in [6.45, 7) is 7.95. The van der Waals surface area contributed by atoms with Gasteiger partial charge in [0.05, 0.1) is 0 Å². The van der Waals surface area contributed by atoms with Gasteiger partial charge in [-0.05, 0) is 30.7 Å². The van der Waals surface area contributed by atoms with E-state index in [0.717, 1.165) is 31.5 Å². The molecule has 112 valence electrons. The van der Waals surface area contributed by atoms with Crippen molar-refractivity contribution in [2.75, 3.05) is 13.1 Å². The van der Waals surface area contributed by atoms with E-state index in [1.165, 1.54) is 0 Å². The van der Waals surface area contributed by atoms with Gasteiger partial charge in [-0.2, -0.15) is 0 Å². The Bertz CT molecular complexity index is 447. The molecule has 3 nitrogen and oxygen atoms in total. The van der Waals surface area contributed by atoms with Crippen LogP contribution in [0.25, 0.3) is 0 Å². The highest BCUT2D eigenvalue weighted by Gasteiger charge is 2.37. The number of hydrogen-bond acceptors (Lipinski definition) is 2. The first-order valence-electron chi connectivity index (χ1n) is 6.97. The first kappa shape index (κ1) is 17.0. The first-order chi connectivity index (χ1) is 8.83. The lowest BCUT2D eigenvalue weighted by atomic mass is 9.81. The Morgan fingerprint density at radius 3 is 2.20 bits per heavy atom. The van der Waals surface area contributed by atoms with Crippen molar-refractivity contribution in [3.05, 3.63) is 35.9 Å². The third kappa shape index (κ3) is 3.53. The minimum atomic E-state index is -0.928. The predicted octanol–water partition coefficient (Wildman–Crippen LogP) is 2.93. The van der Waals surface area contributed by atoms with Crippen LogP contribution in [0.3, 0.4) is 0 Å². The lowest BCUT2D eigenvalue weighted by Crippen LogP contribution is -2.53. The largest absolute Gasteiger partial charge is 0.341 e. The predicted molar refractivity (Wildman–Crippen MR) is 84.8 cm³/mol. The van der Waals surface area contributed by atoms with E-state index in [9.17, 15) is 4.79 Å². The topological polar surface area (TPSA) is 46.3 Å². The standard InChI is InChI=1S/C16H24N2O.ClH/c1-15(2)9-11-18(12-10-15)14(19)16(3,17)13-7-5-4-6-8-13;/h4-8H,9-12,17H2,1-3H3;1H. The van der Waals surface area contributed by atoms with Gasteiger partial charge in [-0.1, -0.05) is 44.2 Å². The number of carbonyl (C=O) groups excluding carboxylic acids is 1. The number of halogens is 1. The SMILES string of the molecule is CC1(C)CCN(C(=O)C(C)(N)c2ccccc2)CC1.Cl. The van der Waals surface area contributed by atoms with Crippen molar-refractivity contribution in [3.8, 4) is 0 Å². The molecule has 1 aliphatic heterocycles. The second kappa shape index (κ2) is 6.15. The van der Waals surface area contributed by atoms with Crippen molar-refractivity contribution in [2.45, 2.75) is 39.2 Å². The summed E-state index contributed by atoms with van der Waals surface area (Å²) in [6.07, 6.45) is 2.09. The zero-order chi connectivity index (χ0) is 14.1. The molecule has 0 aliphatic carbocycles. The monoisotopic (exact) mass is 296 g/mol. The fourth-order valence-corrected chi connectivity index (χ4v) is 2.55. The van der Waals surface area contributed by atoms with E-state index in [1.54, 1.807) is 0 Å². The van der Waals surface area contributed by atoms with Gasteiger partial charge < -0.3 is 10.6 Å². The summed E-state index contributed by atoms with van der Waals surface area (Å²) in [5.41, 5.74) is 6.58. The van der Waals surface area contributed by atoms with E-state index < -0.39 is 5.54 Å². The summed E-state index contributed by atoms with van der Waals surface area (Å²) in [5.74, 6) is 0.0363. The number of benzene rings is 1. The van der Waals surface area contributed by atoms with Crippen molar-refractivity contribution in [1.82, 2.24) is 4.90 Å².